The number of aryl methyl sites for hydroxylation is 1. The first kappa shape index (κ1) is 19.1. The van der Waals surface area contributed by atoms with Gasteiger partial charge in [0, 0.05) is 0 Å². The second-order valence-electron chi connectivity index (χ2n) is 9.41. The first-order chi connectivity index (χ1) is 14.4. The van der Waals surface area contributed by atoms with Crippen LogP contribution in [-0.2, 0) is 6.42 Å². The Morgan fingerprint density at radius 1 is 0.800 bits per heavy atom. The molecule has 150 valence electrons. The Kier molecular flexibility index (Phi) is 4.37. The van der Waals surface area contributed by atoms with Crippen LogP contribution in [0, 0.1) is 6.92 Å². The minimum absolute atomic E-state index is 0.899. The summed E-state index contributed by atoms with van der Waals surface area (Å²) in [6.45, 7) is 9.72. The molecule has 1 nitrogen and oxygen atoms in total. The lowest BCUT2D eigenvalue weighted by molar-refractivity contribution is 0.415. The van der Waals surface area contributed by atoms with Crippen LogP contribution in [0.3, 0.4) is 0 Å². The molecule has 0 spiro atoms. The second kappa shape index (κ2) is 6.85. The number of hydrogen-bond donors (Lipinski definition) is 0. The zero-order valence-corrected chi connectivity index (χ0v) is 19.5. The quantitative estimate of drug-likeness (QED) is 0.294. The van der Waals surface area contributed by atoms with Crippen LogP contribution >= 0.6 is 0 Å². The fourth-order valence-corrected chi connectivity index (χ4v) is 7.39. The molecule has 0 amide bonds. The molecule has 0 unspecified atom stereocenters. The maximum atomic E-state index is 5.43. The third-order valence-corrected chi connectivity index (χ3v) is 8.50. The predicted molar refractivity (Wildman–Crippen MR) is 132 cm³/mol. The van der Waals surface area contributed by atoms with Gasteiger partial charge in [0.1, 0.15) is 5.75 Å². The molecular weight excluding hydrogens is 380 g/mol. The summed E-state index contributed by atoms with van der Waals surface area (Å²) in [7, 11) is 0.152. The summed E-state index contributed by atoms with van der Waals surface area (Å²) >= 11 is 0. The predicted octanol–water partition coefficient (Wildman–Crippen LogP) is 6.94. The van der Waals surface area contributed by atoms with Gasteiger partial charge in [-0.3, -0.25) is 0 Å². The smallest absolute Gasteiger partial charge is 0.118 e. The second-order valence-corrected chi connectivity index (χ2v) is 14.4. The normalized spacial score (nSPS) is 12.7. The van der Waals surface area contributed by atoms with Crippen molar-refractivity contribution in [3.8, 4) is 28.0 Å². The van der Waals surface area contributed by atoms with Crippen molar-refractivity contribution in [3.05, 3.63) is 83.4 Å². The van der Waals surface area contributed by atoms with Crippen molar-refractivity contribution in [2.24, 2.45) is 0 Å². The molecule has 5 rings (SSSR count). The molecular formula is C28H28OSi. The molecule has 0 N–H and O–H groups in total. The summed E-state index contributed by atoms with van der Waals surface area (Å²) in [5.41, 5.74) is 9.87. The number of benzene rings is 4. The summed E-state index contributed by atoms with van der Waals surface area (Å²) in [5.74, 6) is 0.899. The maximum absolute atomic E-state index is 5.43. The largest absolute Gasteiger partial charge is 0.497 e. The average Bonchev–Trinajstić information content (AvgIpc) is 3.10. The Balaban J connectivity index is 1.99. The standard InChI is InChI=1S/C28H28OSi/c1-18-9-8-12-23-25(18)26(19-13-15-21(29-2)16-14-19)27-22-11-7-6-10-20(22)17-24(27)28(23)30(3,4)5/h6-16H,17H2,1-5H3. The van der Waals surface area contributed by atoms with Gasteiger partial charge in [-0.1, -0.05) is 74.2 Å². The van der Waals surface area contributed by atoms with Gasteiger partial charge in [0.25, 0.3) is 0 Å². The monoisotopic (exact) mass is 408 g/mol. The van der Waals surface area contributed by atoms with Crippen LogP contribution in [-0.4, -0.2) is 15.2 Å². The Hall–Kier alpha value is -2.84. The highest BCUT2D eigenvalue weighted by atomic mass is 28.3. The molecule has 1 aliphatic rings. The van der Waals surface area contributed by atoms with E-state index in [1.54, 1.807) is 17.9 Å². The van der Waals surface area contributed by atoms with Crippen LogP contribution in [0.5, 0.6) is 5.75 Å². The van der Waals surface area contributed by atoms with Gasteiger partial charge in [-0.15, -0.1) is 0 Å². The molecule has 4 aromatic rings. The summed E-state index contributed by atoms with van der Waals surface area (Å²) in [4.78, 5) is 0. The van der Waals surface area contributed by atoms with Crippen LogP contribution in [0.2, 0.25) is 19.6 Å². The SMILES string of the molecule is COc1ccc(-c2c3c(c([Si](C)(C)C)c4cccc(C)c24)Cc2ccccc2-3)cc1. The molecule has 2 heteroatoms. The van der Waals surface area contributed by atoms with Crippen molar-refractivity contribution in [3.63, 3.8) is 0 Å². The molecule has 0 radical (unpaired) electrons. The molecule has 30 heavy (non-hydrogen) atoms. The van der Waals surface area contributed by atoms with E-state index < -0.39 is 8.07 Å². The minimum atomic E-state index is -1.58. The zero-order chi connectivity index (χ0) is 21.0. The molecule has 0 saturated heterocycles. The van der Waals surface area contributed by atoms with E-state index >= 15 is 0 Å². The van der Waals surface area contributed by atoms with E-state index in [4.69, 9.17) is 4.74 Å². The Labute approximate surface area is 180 Å². The van der Waals surface area contributed by atoms with Gasteiger partial charge in [0.2, 0.25) is 0 Å². The highest BCUT2D eigenvalue weighted by Crippen LogP contribution is 2.47. The third kappa shape index (κ3) is 2.82. The van der Waals surface area contributed by atoms with Crippen molar-refractivity contribution in [2.75, 3.05) is 7.11 Å². The van der Waals surface area contributed by atoms with Crippen LogP contribution in [0.15, 0.2) is 66.7 Å². The van der Waals surface area contributed by atoms with E-state index in [9.17, 15) is 0 Å². The van der Waals surface area contributed by atoms with Gasteiger partial charge < -0.3 is 4.74 Å². The van der Waals surface area contributed by atoms with E-state index in [0.717, 1.165) is 12.2 Å². The fraction of sp³-hybridized carbons (Fsp3) is 0.214. The lowest BCUT2D eigenvalue weighted by Crippen LogP contribution is -2.41. The Morgan fingerprint density at radius 3 is 2.23 bits per heavy atom. The topological polar surface area (TPSA) is 9.23 Å². The molecule has 1 aliphatic carbocycles. The van der Waals surface area contributed by atoms with E-state index in [-0.39, 0.29) is 0 Å². The molecule has 0 saturated carbocycles. The van der Waals surface area contributed by atoms with Gasteiger partial charge in [0.15, 0.2) is 0 Å². The van der Waals surface area contributed by atoms with Gasteiger partial charge in [-0.25, -0.2) is 0 Å². The maximum Gasteiger partial charge on any atom is 0.118 e. The highest BCUT2D eigenvalue weighted by molar-refractivity contribution is 6.91. The summed E-state index contributed by atoms with van der Waals surface area (Å²) < 4.78 is 5.43. The molecule has 0 heterocycles. The van der Waals surface area contributed by atoms with Crippen molar-refractivity contribution >= 4 is 24.0 Å². The van der Waals surface area contributed by atoms with Crippen molar-refractivity contribution < 1.29 is 4.74 Å². The van der Waals surface area contributed by atoms with Gasteiger partial charge in [-0.05, 0) is 80.4 Å². The van der Waals surface area contributed by atoms with Gasteiger partial charge in [-0.2, -0.15) is 0 Å². The summed E-state index contributed by atoms with van der Waals surface area (Å²) in [6.07, 6.45) is 1.04. The van der Waals surface area contributed by atoms with E-state index in [1.165, 1.54) is 44.2 Å². The van der Waals surface area contributed by atoms with E-state index in [0.29, 0.717) is 0 Å². The zero-order valence-electron chi connectivity index (χ0n) is 18.5. The van der Waals surface area contributed by atoms with Crippen LogP contribution in [0.4, 0.5) is 0 Å². The van der Waals surface area contributed by atoms with Crippen LogP contribution in [0.1, 0.15) is 16.7 Å². The van der Waals surface area contributed by atoms with Crippen LogP contribution in [0.25, 0.3) is 33.0 Å². The third-order valence-electron chi connectivity index (χ3n) is 6.43. The lowest BCUT2D eigenvalue weighted by Gasteiger charge is -2.27. The van der Waals surface area contributed by atoms with Crippen molar-refractivity contribution in [1.82, 2.24) is 0 Å². The summed E-state index contributed by atoms with van der Waals surface area (Å²) in [6, 6.07) is 24.4. The number of rotatable bonds is 3. The van der Waals surface area contributed by atoms with Crippen molar-refractivity contribution in [2.45, 2.75) is 33.0 Å². The average molecular weight is 409 g/mol. The molecule has 0 bridgehead atoms. The number of ether oxygens (including phenoxy) is 1. The highest BCUT2D eigenvalue weighted by Gasteiger charge is 2.33. The molecule has 4 aromatic carbocycles. The van der Waals surface area contributed by atoms with Crippen LogP contribution < -0.4 is 9.92 Å². The first-order valence-electron chi connectivity index (χ1n) is 10.7. The fourth-order valence-electron chi connectivity index (χ4n) is 5.26. The molecule has 0 aliphatic heterocycles. The Bertz CT molecular complexity index is 1280. The lowest BCUT2D eigenvalue weighted by atomic mass is 9.87. The Morgan fingerprint density at radius 2 is 1.53 bits per heavy atom. The molecule has 0 atom stereocenters. The minimum Gasteiger partial charge on any atom is -0.497 e. The molecule has 0 aromatic heterocycles. The first-order valence-corrected chi connectivity index (χ1v) is 14.2. The van der Waals surface area contributed by atoms with Gasteiger partial charge >= 0.3 is 0 Å². The van der Waals surface area contributed by atoms with E-state index in [2.05, 4.69) is 93.3 Å². The van der Waals surface area contributed by atoms with E-state index in [1.807, 2.05) is 0 Å². The number of hydrogen-bond acceptors (Lipinski definition) is 1. The van der Waals surface area contributed by atoms with Gasteiger partial charge in [0.05, 0.1) is 15.2 Å². The summed E-state index contributed by atoms with van der Waals surface area (Å²) in [5, 5.41) is 4.49. The molecule has 0 fully saturated rings. The number of methoxy groups -OCH3 is 1. The number of fused-ring (bicyclic) bond motifs is 4. The van der Waals surface area contributed by atoms with Crippen molar-refractivity contribution in [1.29, 1.82) is 0 Å².